The molecule has 0 aromatic carbocycles. The van der Waals surface area contributed by atoms with Gasteiger partial charge in [-0.2, -0.15) is 0 Å². The lowest BCUT2D eigenvalue weighted by atomic mass is 10.0. The zero-order chi connectivity index (χ0) is 21.7. The van der Waals surface area contributed by atoms with Crippen LogP contribution in [0.1, 0.15) is 84.0 Å². The van der Waals surface area contributed by atoms with E-state index in [0.29, 0.717) is 5.69 Å². The second-order valence-corrected chi connectivity index (χ2v) is 7.22. The molecule has 1 aromatic heterocycles. The number of esters is 2. The van der Waals surface area contributed by atoms with Crippen LogP contribution < -0.4 is 5.32 Å². The molecule has 1 N–H and O–H groups in total. The van der Waals surface area contributed by atoms with Crippen LogP contribution in [0, 0.1) is 0 Å². The van der Waals surface area contributed by atoms with E-state index in [-0.39, 0.29) is 18.9 Å². The standard InChI is InChI=1S/C22H34N2O5/c1-5-6-7-8-9-10-12-20-13-11-14-21(23-20)22(24-17(2)25,29-19(4)27)15-16-28-18(3)26/h11,13-14H,5-10,12,15-16H2,1-4H3,(H,24,25). The number of ether oxygens (including phenoxy) is 2. The smallest absolute Gasteiger partial charge is 0.305 e. The lowest BCUT2D eigenvalue weighted by Gasteiger charge is -2.33. The third-order valence-corrected chi connectivity index (χ3v) is 4.46. The van der Waals surface area contributed by atoms with Crippen molar-refractivity contribution in [2.45, 2.75) is 84.8 Å². The van der Waals surface area contributed by atoms with E-state index in [9.17, 15) is 14.4 Å². The second kappa shape index (κ2) is 12.9. The summed E-state index contributed by atoms with van der Waals surface area (Å²) in [6.45, 7) is 6.08. The first-order valence-corrected chi connectivity index (χ1v) is 10.4. The maximum absolute atomic E-state index is 11.9. The van der Waals surface area contributed by atoms with E-state index < -0.39 is 17.7 Å². The van der Waals surface area contributed by atoms with Crippen LogP contribution in [0.4, 0.5) is 0 Å². The Labute approximate surface area is 173 Å². The normalized spacial score (nSPS) is 12.7. The van der Waals surface area contributed by atoms with E-state index in [1.807, 2.05) is 12.1 Å². The number of nitrogens with zero attached hydrogens (tertiary/aromatic N) is 1. The average molecular weight is 407 g/mol. The molecule has 0 fully saturated rings. The van der Waals surface area contributed by atoms with E-state index in [2.05, 4.69) is 17.2 Å². The highest BCUT2D eigenvalue weighted by Gasteiger charge is 2.38. The van der Waals surface area contributed by atoms with Gasteiger partial charge in [0.05, 0.1) is 6.61 Å². The number of pyridine rings is 1. The second-order valence-electron chi connectivity index (χ2n) is 7.22. The molecular formula is C22H34N2O5. The number of hydrogen-bond acceptors (Lipinski definition) is 6. The third-order valence-electron chi connectivity index (χ3n) is 4.46. The number of unbranched alkanes of at least 4 members (excludes halogenated alkanes) is 5. The van der Waals surface area contributed by atoms with Crippen LogP contribution in [0.2, 0.25) is 0 Å². The molecule has 162 valence electrons. The van der Waals surface area contributed by atoms with Crippen molar-refractivity contribution in [2.24, 2.45) is 0 Å². The molecular weight excluding hydrogens is 372 g/mol. The van der Waals surface area contributed by atoms with Gasteiger partial charge in [0.15, 0.2) is 0 Å². The van der Waals surface area contributed by atoms with Gasteiger partial charge in [-0.1, -0.05) is 45.1 Å². The highest BCUT2D eigenvalue weighted by atomic mass is 16.6. The zero-order valence-corrected chi connectivity index (χ0v) is 18.1. The van der Waals surface area contributed by atoms with Crippen molar-refractivity contribution < 1.29 is 23.9 Å². The minimum atomic E-state index is -1.48. The van der Waals surface area contributed by atoms with Crippen molar-refractivity contribution >= 4 is 17.8 Å². The van der Waals surface area contributed by atoms with Crippen LogP contribution in [0.3, 0.4) is 0 Å². The molecule has 7 heteroatoms. The number of nitrogens with one attached hydrogen (secondary N) is 1. The molecule has 0 saturated carbocycles. The Bertz CT molecular complexity index is 659. The molecule has 1 unspecified atom stereocenters. The maximum Gasteiger partial charge on any atom is 0.305 e. The summed E-state index contributed by atoms with van der Waals surface area (Å²) in [6, 6.07) is 5.46. The van der Waals surface area contributed by atoms with Crippen LogP contribution in [0.5, 0.6) is 0 Å². The monoisotopic (exact) mass is 406 g/mol. The molecule has 1 rings (SSSR count). The van der Waals surface area contributed by atoms with Crippen molar-refractivity contribution in [3.63, 3.8) is 0 Å². The molecule has 1 atom stereocenters. The summed E-state index contributed by atoms with van der Waals surface area (Å²) in [5.74, 6) is -1.39. The number of amides is 1. The SMILES string of the molecule is CCCCCCCCc1cccc(C(CCOC(C)=O)(NC(C)=O)OC(C)=O)n1. The molecule has 0 aliphatic heterocycles. The first kappa shape index (κ1) is 24.6. The van der Waals surface area contributed by atoms with E-state index in [1.54, 1.807) is 6.07 Å². The summed E-state index contributed by atoms with van der Waals surface area (Å²) in [6.07, 6.45) is 7.97. The van der Waals surface area contributed by atoms with Crippen molar-refractivity contribution in [1.82, 2.24) is 10.3 Å². The van der Waals surface area contributed by atoms with Crippen LogP contribution >= 0.6 is 0 Å². The molecule has 0 bridgehead atoms. The molecule has 0 saturated heterocycles. The highest BCUT2D eigenvalue weighted by Crippen LogP contribution is 2.27. The van der Waals surface area contributed by atoms with Gasteiger partial charge >= 0.3 is 11.9 Å². The number of aromatic nitrogens is 1. The summed E-state index contributed by atoms with van der Waals surface area (Å²) in [5, 5.41) is 2.70. The number of carbonyl (C=O) groups excluding carboxylic acids is 3. The minimum absolute atomic E-state index is 0.0216. The van der Waals surface area contributed by atoms with Gasteiger partial charge in [0, 0.05) is 32.9 Å². The van der Waals surface area contributed by atoms with Crippen LogP contribution in [-0.2, 0) is 36.0 Å². The van der Waals surface area contributed by atoms with Crippen LogP contribution in [0.25, 0.3) is 0 Å². The summed E-state index contributed by atoms with van der Waals surface area (Å²) >= 11 is 0. The van der Waals surface area contributed by atoms with Gasteiger partial charge in [-0.05, 0) is 25.0 Å². The quantitative estimate of drug-likeness (QED) is 0.304. The Balaban J connectivity index is 2.98. The Kier molecular flexibility index (Phi) is 10.9. The molecule has 0 aliphatic rings. The Morgan fingerprint density at radius 2 is 1.69 bits per heavy atom. The molecule has 1 heterocycles. The summed E-state index contributed by atoms with van der Waals surface area (Å²) in [4.78, 5) is 39.4. The van der Waals surface area contributed by atoms with Gasteiger partial charge in [0.2, 0.25) is 11.6 Å². The summed E-state index contributed by atoms with van der Waals surface area (Å²) in [5.41, 5.74) is -0.199. The van der Waals surface area contributed by atoms with Crippen molar-refractivity contribution in [1.29, 1.82) is 0 Å². The number of hydrogen-bond donors (Lipinski definition) is 1. The topological polar surface area (TPSA) is 94.6 Å². The lowest BCUT2D eigenvalue weighted by Crippen LogP contribution is -2.49. The predicted octanol–water partition coefficient (Wildman–Crippen LogP) is 3.79. The van der Waals surface area contributed by atoms with Gasteiger partial charge in [0.1, 0.15) is 5.69 Å². The highest BCUT2D eigenvalue weighted by molar-refractivity contribution is 5.75. The maximum atomic E-state index is 11.9. The molecule has 0 aliphatic carbocycles. The van der Waals surface area contributed by atoms with Crippen molar-refractivity contribution in [3.05, 3.63) is 29.6 Å². The average Bonchev–Trinajstić information content (AvgIpc) is 2.63. The van der Waals surface area contributed by atoms with Gasteiger partial charge in [0.25, 0.3) is 0 Å². The fourth-order valence-corrected chi connectivity index (χ4v) is 3.18. The Morgan fingerprint density at radius 3 is 2.31 bits per heavy atom. The number of carbonyl (C=O) groups is 3. The third kappa shape index (κ3) is 9.54. The van der Waals surface area contributed by atoms with Crippen LogP contribution in [0.15, 0.2) is 18.2 Å². The van der Waals surface area contributed by atoms with Gasteiger partial charge in [-0.15, -0.1) is 0 Å². The Hall–Kier alpha value is -2.44. The molecule has 29 heavy (non-hydrogen) atoms. The van der Waals surface area contributed by atoms with Gasteiger partial charge in [-0.25, -0.2) is 0 Å². The minimum Gasteiger partial charge on any atom is -0.466 e. The van der Waals surface area contributed by atoms with E-state index in [1.165, 1.54) is 46.5 Å². The van der Waals surface area contributed by atoms with E-state index >= 15 is 0 Å². The van der Waals surface area contributed by atoms with Crippen molar-refractivity contribution in [2.75, 3.05) is 6.61 Å². The molecule has 1 amide bonds. The first-order valence-electron chi connectivity index (χ1n) is 10.4. The fourth-order valence-electron chi connectivity index (χ4n) is 3.18. The van der Waals surface area contributed by atoms with Crippen LogP contribution in [-0.4, -0.2) is 29.4 Å². The predicted molar refractivity (Wildman–Crippen MR) is 110 cm³/mol. The largest absolute Gasteiger partial charge is 0.466 e. The molecule has 7 nitrogen and oxygen atoms in total. The van der Waals surface area contributed by atoms with Gasteiger partial charge in [-0.3, -0.25) is 19.4 Å². The summed E-state index contributed by atoms with van der Waals surface area (Å²) in [7, 11) is 0. The zero-order valence-electron chi connectivity index (χ0n) is 18.1. The van der Waals surface area contributed by atoms with E-state index in [0.717, 1.165) is 25.0 Å². The number of rotatable bonds is 13. The van der Waals surface area contributed by atoms with Gasteiger partial charge < -0.3 is 14.8 Å². The molecule has 0 radical (unpaired) electrons. The van der Waals surface area contributed by atoms with E-state index in [4.69, 9.17) is 9.47 Å². The molecule has 1 aromatic rings. The number of aryl methyl sites for hydroxylation is 1. The first-order chi connectivity index (χ1) is 13.8. The Morgan fingerprint density at radius 1 is 1.00 bits per heavy atom. The summed E-state index contributed by atoms with van der Waals surface area (Å²) < 4.78 is 10.5. The van der Waals surface area contributed by atoms with Crippen molar-refractivity contribution in [3.8, 4) is 0 Å². The lowest BCUT2D eigenvalue weighted by molar-refractivity contribution is -0.169. The fraction of sp³-hybridized carbons (Fsp3) is 0.636. The molecule has 0 spiro atoms.